The molecule has 0 amide bonds. The maximum Gasteiger partial charge on any atom is 0.181 e. The zero-order chi connectivity index (χ0) is 14.0. The molecule has 0 saturated heterocycles. The molecule has 0 unspecified atom stereocenters. The van der Waals surface area contributed by atoms with E-state index in [1.165, 1.54) is 0 Å². The van der Waals surface area contributed by atoms with Crippen LogP contribution < -0.4 is 4.90 Å². The van der Waals surface area contributed by atoms with Crippen LogP contribution in [0.1, 0.15) is 27.2 Å². The second kappa shape index (κ2) is 4.89. The molecule has 0 heterocycles. The summed E-state index contributed by atoms with van der Waals surface area (Å²) in [6, 6.07) is 12.0. The van der Waals surface area contributed by atoms with Crippen LogP contribution in [-0.2, 0) is 4.79 Å². The van der Waals surface area contributed by atoms with E-state index in [0.29, 0.717) is 12.0 Å². The Bertz CT molecular complexity index is 564. The molecular weight excluding hydrogens is 236 g/mol. The first-order valence-corrected chi connectivity index (χ1v) is 6.52. The molecule has 1 aromatic rings. The van der Waals surface area contributed by atoms with Gasteiger partial charge in [-0.1, -0.05) is 32.0 Å². The molecule has 1 aliphatic rings. The predicted molar refractivity (Wildman–Crippen MR) is 75.5 cm³/mol. The summed E-state index contributed by atoms with van der Waals surface area (Å²) in [5.41, 5.74) is 1.72. The van der Waals surface area contributed by atoms with Gasteiger partial charge in [-0.2, -0.15) is 5.26 Å². The fourth-order valence-electron chi connectivity index (χ4n) is 2.54. The quantitative estimate of drug-likeness (QED) is 0.831. The summed E-state index contributed by atoms with van der Waals surface area (Å²) >= 11 is 0. The summed E-state index contributed by atoms with van der Waals surface area (Å²) in [5.74, 6) is -0.0422. The van der Waals surface area contributed by atoms with Gasteiger partial charge in [0, 0.05) is 29.8 Å². The van der Waals surface area contributed by atoms with Crippen molar-refractivity contribution in [3.05, 3.63) is 41.6 Å². The van der Waals surface area contributed by atoms with E-state index in [4.69, 9.17) is 0 Å². The van der Waals surface area contributed by atoms with E-state index in [1.54, 1.807) is 0 Å². The van der Waals surface area contributed by atoms with Gasteiger partial charge in [0.05, 0.1) is 0 Å². The molecule has 19 heavy (non-hydrogen) atoms. The third-order valence-corrected chi connectivity index (χ3v) is 3.56. The van der Waals surface area contributed by atoms with Crippen LogP contribution in [0.25, 0.3) is 0 Å². The fraction of sp³-hybridized carbons (Fsp3) is 0.375. The van der Waals surface area contributed by atoms with Gasteiger partial charge in [-0.25, -0.2) is 0 Å². The number of ketones is 1. The molecule has 0 radical (unpaired) electrons. The van der Waals surface area contributed by atoms with E-state index >= 15 is 0 Å². The lowest BCUT2D eigenvalue weighted by atomic mass is 9.88. The molecule has 0 spiro atoms. The van der Waals surface area contributed by atoms with Gasteiger partial charge in [0.2, 0.25) is 0 Å². The smallest absolute Gasteiger partial charge is 0.181 e. The number of carbonyl (C=O) groups is 1. The van der Waals surface area contributed by atoms with Crippen LogP contribution in [0.3, 0.4) is 0 Å². The van der Waals surface area contributed by atoms with E-state index in [-0.39, 0.29) is 5.78 Å². The maximum atomic E-state index is 12.2. The molecule has 0 saturated carbocycles. The monoisotopic (exact) mass is 254 g/mol. The summed E-state index contributed by atoms with van der Waals surface area (Å²) in [4.78, 5) is 14.3. The minimum atomic E-state index is -0.470. The summed E-state index contributed by atoms with van der Waals surface area (Å²) in [6.07, 6.45) is 0.622. The highest BCUT2D eigenvalue weighted by Gasteiger charge is 2.41. The Morgan fingerprint density at radius 2 is 1.95 bits per heavy atom. The Hall–Kier alpha value is -2.08. The predicted octanol–water partition coefficient (Wildman–Crippen LogP) is 3.29. The first kappa shape index (κ1) is 13.4. The standard InChI is InChI=1S/C16H18N2O/c1-4-18(12-8-6-5-7-9-12)14-10-16(2,3)15(19)13(14)11-17/h5-9H,4,10H2,1-3H3. The zero-order valence-corrected chi connectivity index (χ0v) is 11.6. The highest BCUT2D eigenvalue weighted by atomic mass is 16.1. The second-order valence-corrected chi connectivity index (χ2v) is 5.40. The van der Waals surface area contributed by atoms with E-state index in [9.17, 15) is 10.1 Å². The van der Waals surface area contributed by atoms with Crippen molar-refractivity contribution in [3.63, 3.8) is 0 Å². The number of para-hydroxylation sites is 1. The highest BCUT2D eigenvalue weighted by molar-refractivity contribution is 6.06. The van der Waals surface area contributed by atoms with Crippen molar-refractivity contribution in [1.29, 1.82) is 5.26 Å². The van der Waals surface area contributed by atoms with Crippen LogP contribution in [0, 0.1) is 16.7 Å². The molecular formula is C16H18N2O. The number of carbonyl (C=O) groups excluding carboxylic acids is 1. The lowest BCUT2D eigenvalue weighted by Crippen LogP contribution is -2.23. The Labute approximate surface area is 114 Å². The van der Waals surface area contributed by atoms with Crippen molar-refractivity contribution in [2.45, 2.75) is 27.2 Å². The van der Waals surface area contributed by atoms with Gasteiger partial charge < -0.3 is 4.90 Å². The summed E-state index contributed by atoms with van der Waals surface area (Å²) in [7, 11) is 0. The number of allylic oxidation sites excluding steroid dienone is 2. The maximum absolute atomic E-state index is 12.2. The molecule has 0 fully saturated rings. The fourth-order valence-corrected chi connectivity index (χ4v) is 2.54. The number of nitriles is 1. The van der Waals surface area contributed by atoms with Gasteiger partial charge >= 0.3 is 0 Å². The Balaban J connectivity index is 2.47. The molecule has 0 aromatic heterocycles. The molecule has 0 atom stereocenters. The van der Waals surface area contributed by atoms with Gasteiger partial charge in [-0.3, -0.25) is 4.79 Å². The molecule has 0 bridgehead atoms. The van der Waals surface area contributed by atoms with Crippen molar-refractivity contribution in [2.75, 3.05) is 11.4 Å². The third kappa shape index (κ3) is 2.26. The number of hydrogen-bond donors (Lipinski definition) is 0. The highest BCUT2D eigenvalue weighted by Crippen LogP contribution is 2.40. The second-order valence-electron chi connectivity index (χ2n) is 5.40. The average Bonchev–Trinajstić information content (AvgIpc) is 2.62. The lowest BCUT2D eigenvalue weighted by molar-refractivity contribution is -0.121. The average molecular weight is 254 g/mol. The minimum Gasteiger partial charge on any atom is -0.344 e. The van der Waals surface area contributed by atoms with E-state index < -0.39 is 5.41 Å². The van der Waals surface area contributed by atoms with Crippen LogP contribution in [0.2, 0.25) is 0 Å². The van der Waals surface area contributed by atoms with Gasteiger partial charge in [-0.15, -0.1) is 0 Å². The van der Waals surface area contributed by atoms with Crippen molar-refractivity contribution >= 4 is 11.5 Å². The molecule has 3 nitrogen and oxygen atoms in total. The van der Waals surface area contributed by atoms with Crippen molar-refractivity contribution in [3.8, 4) is 6.07 Å². The number of rotatable bonds is 3. The minimum absolute atomic E-state index is 0.0422. The number of Topliss-reactive ketones (excluding diaryl/α,β-unsaturated/α-hetero) is 1. The molecule has 0 N–H and O–H groups in total. The normalized spacial score (nSPS) is 17.5. The number of anilines is 1. The van der Waals surface area contributed by atoms with Crippen LogP contribution in [-0.4, -0.2) is 12.3 Å². The molecule has 3 heteroatoms. The zero-order valence-electron chi connectivity index (χ0n) is 11.6. The summed E-state index contributed by atoms with van der Waals surface area (Å²) in [6.45, 7) is 6.58. The van der Waals surface area contributed by atoms with E-state index in [2.05, 4.69) is 11.0 Å². The molecule has 1 aliphatic carbocycles. The van der Waals surface area contributed by atoms with Crippen LogP contribution >= 0.6 is 0 Å². The Morgan fingerprint density at radius 3 is 2.47 bits per heavy atom. The summed E-state index contributed by atoms with van der Waals surface area (Å²) < 4.78 is 0. The molecule has 98 valence electrons. The molecule has 1 aromatic carbocycles. The molecule has 2 rings (SSSR count). The van der Waals surface area contributed by atoms with Crippen molar-refractivity contribution in [1.82, 2.24) is 0 Å². The summed E-state index contributed by atoms with van der Waals surface area (Å²) in [5, 5.41) is 9.28. The van der Waals surface area contributed by atoms with Gasteiger partial charge in [0.15, 0.2) is 5.78 Å². The number of hydrogen-bond acceptors (Lipinski definition) is 3. The van der Waals surface area contributed by atoms with Gasteiger partial charge in [0.25, 0.3) is 0 Å². The third-order valence-electron chi connectivity index (χ3n) is 3.56. The van der Waals surface area contributed by atoms with E-state index in [0.717, 1.165) is 17.9 Å². The first-order chi connectivity index (χ1) is 9.01. The molecule has 0 aliphatic heterocycles. The Morgan fingerprint density at radius 1 is 1.32 bits per heavy atom. The van der Waals surface area contributed by atoms with Crippen molar-refractivity contribution in [2.24, 2.45) is 5.41 Å². The Kier molecular flexibility index (Phi) is 3.44. The van der Waals surface area contributed by atoms with Crippen LogP contribution in [0.5, 0.6) is 0 Å². The van der Waals surface area contributed by atoms with Gasteiger partial charge in [0.1, 0.15) is 11.6 Å². The largest absolute Gasteiger partial charge is 0.344 e. The van der Waals surface area contributed by atoms with Gasteiger partial charge in [-0.05, 0) is 19.1 Å². The topological polar surface area (TPSA) is 44.1 Å². The van der Waals surface area contributed by atoms with Crippen molar-refractivity contribution < 1.29 is 4.79 Å². The lowest BCUT2D eigenvalue weighted by Gasteiger charge is -2.26. The number of benzene rings is 1. The SMILES string of the molecule is CCN(C1=C(C#N)C(=O)C(C)(C)C1)c1ccccc1. The van der Waals surface area contributed by atoms with Crippen LogP contribution in [0.15, 0.2) is 41.6 Å². The number of nitrogens with zero attached hydrogens (tertiary/aromatic N) is 2. The first-order valence-electron chi connectivity index (χ1n) is 6.52. The van der Waals surface area contributed by atoms with Crippen LogP contribution in [0.4, 0.5) is 5.69 Å². The van der Waals surface area contributed by atoms with E-state index in [1.807, 2.05) is 51.1 Å².